The minimum absolute atomic E-state index is 0.00917. The number of likely N-dealkylation sites (N-methyl/N-ethyl adjacent to an activating group) is 1. The lowest BCUT2D eigenvalue weighted by atomic mass is 10.3. The third-order valence-corrected chi connectivity index (χ3v) is 3.74. The number of nitrogens with zero attached hydrogens (tertiary/aromatic N) is 3. The fraction of sp³-hybridized carbons (Fsp3) is 0.875. The zero-order valence-electron chi connectivity index (χ0n) is 14.9. The van der Waals surface area contributed by atoms with Crippen LogP contribution in [-0.4, -0.2) is 88.2 Å². The van der Waals surface area contributed by atoms with Crippen molar-refractivity contribution in [1.82, 2.24) is 20.4 Å². The average Bonchev–Trinajstić information content (AvgIpc) is 2.56. The predicted molar refractivity (Wildman–Crippen MR) is 93.8 cm³/mol. The molecule has 1 heterocycles. The first-order valence-corrected chi connectivity index (χ1v) is 8.66. The van der Waals surface area contributed by atoms with Crippen LogP contribution in [0.3, 0.4) is 0 Å². The van der Waals surface area contributed by atoms with Gasteiger partial charge in [-0.05, 0) is 19.4 Å². The third-order valence-electron chi connectivity index (χ3n) is 3.74. The third kappa shape index (κ3) is 9.40. The number of ether oxygens (including phenoxy) is 1. The van der Waals surface area contributed by atoms with Crippen molar-refractivity contribution >= 4 is 11.9 Å². The second-order valence-electron chi connectivity index (χ2n) is 5.97. The highest BCUT2D eigenvalue weighted by molar-refractivity contribution is 5.84. The van der Waals surface area contributed by atoms with Crippen LogP contribution in [-0.2, 0) is 9.53 Å². The van der Waals surface area contributed by atoms with Crippen molar-refractivity contribution in [3.63, 3.8) is 0 Å². The van der Waals surface area contributed by atoms with Crippen LogP contribution in [0.1, 0.15) is 26.2 Å². The number of amides is 1. The number of hydrogen-bond donors (Lipinski definition) is 2. The molecule has 0 radical (unpaired) electrons. The molecule has 0 aromatic carbocycles. The van der Waals surface area contributed by atoms with Crippen LogP contribution in [0.25, 0.3) is 0 Å². The van der Waals surface area contributed by atoms with Gasteiger partial charge < -0.3 is 20.3 Å². The Morgan fingerprint density at radius 3 is 2.43 bits per heavy atom. The highest BCUT2D eigenvalue weighted by atomic mass is 16.5. The van der Waals surface area contributed by atoms with Crippen LogP contribution in [0.5, 0.6) is 0 Å². The predicted octanol–water partition coefficient (Wildman–Crippen LogP) is 0.132. The molecular formula is C16H33N5O2. The van der Waals surface area contributed by atoms with Gasteiger partial charge in [-0.1, -0.05) is 13.3 Å². The van der Waals surface area contributed by atoms with Crippen molar-refractivity contribution in [3.05, 3.63) is 0 Å². The van der Waals surface area contributed by atoms with E-state index in [1.807, 2.05) is 0 Å². The quantitative estimate of drug-likeness (QED) is 0.358. The summed E-state index contributed by atoms with van der Waals surface area (Å²) in [5.41, 5.74) is 0. The van der Waals surface area contributed by atoms with Gasteiger partial charge >= 0.3 is 0 Å². The van der Waals surface area contributed by atoms with E-state index in [1.54, 1.807) is 19.0 Å². The Morgan fingerprint density at radius 1 is 1.17 bits per heavy atom. The van der Waals surface area contributed by atoms with E-state index < -0.39 is 0 Å². The summed E-state index contributed by atoms with van der Waals surface area (Å²) in [5.74, 6) is 0.741. The lowest BCUT2D eigenvalue weighted by Gasteiger charge is -2.26. The van der Waals surface area contributed by atoms with Crippen LogP contribution >= 0.6 is 0 Å². The van der Waals surface area contributed by atoms with Crippen molar-refractivity contribution in [3.8, 4) is 0 Å². The summed E-state index contributed by atoms with van der Waals surface area (Å²) in [7, 11) is 3.50. The Bertz CT molecular complexity index is 354. The van der Waals surface area contributed by atoms with E-state index in [4.69, 9.17) is 4.74 Å². The number of hydrogen-bond acceptors (Lipinski definition) is 4. The normalized spacial score (nSPS) is 16.2. The van der Waals surface area contributed by atoms with Crippen molar-refractivity contribution in [2.75, 3.05) is 66.6 Å². The molecule has 1 amide bonds. The number of aliphatic imine (C=N–C) groups is 1. The molecule has 1 fully saturated rings. The molecule has 1 rings (SSSR count). The molecule has 23 heavy (non-hydrogen) atoms. The number of carbonyl (C=O) groups is 1. The molecule has 0 spiro atoms. The first-order valence-electron chi connectivity index (χ1n) is 8.66. The van der Waals surface area contributed by atoms with Gasteiger partial charge in [-0.3, -0.25) is 9.69 Å². The van der Waals surface area contributed by atoms with Gasteiger partial charge in [0.25, 0.3) is 0 Å². The maximum absolute atomic E-state index is 11.7. The van der Waals surface area contributed by atoms with Crippen LogP contribution < -0.4 is 10.6 Å². The second kappa shape index (κ2) is 12.1. The van der Waals surface area contributed by atoms with Gasteiger partial charge in [0, 0.05) is 40.3 Å². The molecule has 0 bridgehead atoms. The highest BCUT2D eigenvalue weighted by Gasteiger charge is 2.09. The van der Waals surface area contributed by atoms with Gasteiger partial charge in [0.1, 0.15) is 6.54 Å². The van der Waals surface area contributed by atoms with Gasteiger partial charge in [0.05, 0.1) is 13.2 Å². The topological polar surface area (TPSA) is 69.2 Å². The van der Waals surface area contributed by atoms with Crippen molar-refractivity contribution in [1.29, 1.82) is 0 Å². The smallest absolute Gasteiger partial charge is 0.243 e. The van der Waals surface area contributed by atoms with Gasteiger partial charge in [-0.15, -0.1) is 0 Å². The van der Waals surface area contributed by atoms with Crippen LogP contribution in [0.2, 0.25) is 0 Å². The number of unbranched alkanes of at least 4 members (excludes halogenated alkanes) is 1. The van der Waals surface area contributed by atoms with E-state index in [1.165, 1.54) is 0 Å². The van der Waals surface area contributed by atoms with E-state index in [9.17, 15) is 4.79 Å². The molecule has 7 heteroatoms. The van der Waals surface area contributed by atoms with E-state index in [0.29, 0.717) is 0 Å². The van der Waals surface area contributed by atoms with Crippen molar-refractivity contribution < 1.29 is 9.53 Å². The summed E-state index contributed by atoms with van der Waals surface area (Å²) in [4.78, 5) is 20.0. The van der Waals surface area contributed by atoms with Crippen LogP contribution in [0, 0.1) is 0 Å². The lowest BCUT2D eigenvalue weighted by molar-refractivity contribution is -0.127. The monoisotopic (exact) mass is 327 g/mol. The maximum Gasteiger partial charge on any atom is 0.243 e. The SMILES string of the molecule is CCCCNC(=NCC(=O)N(C)C)NCCCN1CCOCC1. The summed E-state index contributed by atoms with van der Waals surface area (Å²) in [6.45, 7) is 8.85. The first-order chi connectivity index (χ1) is 11.1. The molecule has 0 unspecified atom stereocenters. The number of morpholine rings is 1. The summed E-state index contributed by atoms with van der Waals surface area (Å²) in [6, 6.07) is 0. The number of carbonyl (C=O) groups excluding carboxylic acids is 1. The Kier molecular flexibility index (Phi) is 10.4. The van der Waals surface area contributed by atoms with E-state index in [0.717, 1.165) is 71.2 Å². The van der Waals surface area contributed by atoms with E-state index >= 15 is 0 Å². The van der Waals surface area contributed by atoms with Crippen molar-refractivity contribution in [2.24, 2.45) is 4.99 Å². The van der Waals surface area contributed by atoms with Gasteiger partial charge in [0.15, 0.2) is 5.96 Å². The fourth-order valence-electron chi connectivity index (χ4n) is 2.18. The average molecular weight is 327 g/mol. The lowest BCUT2D eigenvalue weighted by Crippen LogP contribution is -2.41. The van der Waals surface area contributed by atoms with E-state index in [2.05, 4.69) is 27.4 Å². The summed E-state index contributed by atoms with van der Waals surface area (Å²) in [6.07, 6.45) is 3.28. The Balaban J connectivity index is 2.29. The maximum atomic E-state index is 11.7. The molecule has 0 atom stereocenters. The number of nitrogens with one attached hydrogen (secondary N) is 2. The van der Waals surface area contributed by atoms with Crippen LogP contribution in [0.4, 0.5) is 0 Å². The Morgan fingerprint density at radius 2 is 1.83 bits per heavy atom. The summed E-state index contributed by atoms with van der Waals surface area (Å²) >= 11 is 0. The molecule has 0 aromatic rings. The molecule has 1 aliphatic heterocycles. The zero-order chi connectivity index (χ0) is 16.9. The molecular weight excluding hydrogens is 294 g/mol. The molecule has 1 saturated heterocycles. The fourth-order valence-corrected chi connectivity index (χ4v) is 2.18. The molecule has 0 saturated carbocycles. The van der Waals surface area contributed by atoms with Crippen molar-refractivity contribution in [2.45, 2.75) is 26.2 Å². The molecule has 134 valence electrons. The van der Waals surface area contributed by atoms with E-state index in [-0.39, 0.29) is 12.5 Å². The molecule has 2 N–H and O–H groups in total. The second-order valence-corrected chi connectivity index (χ2v) is 5.97. The van der Waals surface area contributed by atoms with Gasteiger partial charge in [-0.2, -0.15) is 0 Å². The number of rotatable bonds is 9. The first kappa shape index (κ1) is 19.7. The van der Waals surface area contributed by atoms with Gasteiger partial charge in [0.2, 0.25) is 5.91 Å². The minimum Gasteiger partial charge on any atom is -0.379 e. The highest BCUT2D eigenvalue weighted by Crippen LogP contribution is 1.97. The minimum atomic E-state index is 0.00917. The standard InChI is InChI=1S/C16H33N5O2/c1-4-5-7-17-16(19-14-15(22)20(2)3)18-8-6-9-21-10-12-23-13-11-21/h4-14H2,1-3H3,(H2,17,18,19). The Labute approximate surface area is 140 Å². The molecule has 0 aliphatic carbocycles. The Hall–Kier alpha value is -1.34. The number of guanidine groups is 1. The van der Waals surface area contributed by atoms with Crippen LogP contribution in [0.15, 0.2) is 4.99 Å². The molecule has 0 aromatic heterocycles. The molecule has 7 nitrogen and oxygen atoms in total. The summed E-state index contributed by atoms with van der Waals surface area (Å²) in [5, 5.41) is 6.61. The summed E-state index contributed by atoms with van der Waals surface area (Å²) < 4.78 is 5.35. The largest absolute Gasteiger partial charge is 0.379 e. The zero-order valence-corrected chi connectivity index (χ0v) is 14.9. The van der Waals surface area contributed by atoms with Gasteiger partial charge in [-0.25, -0.2) is 4.99 Å². The molecule has 1 aliphatic rings.